The zero-order valence-corrected chi connectivity index (χ0v) is 13.3. The van der Waals surface area contributed by atoms with Gasteiger partial charge in [-0.25, -0.2) is 0 Å². The topological polar surface area (TPSA) is 61.7 Å². The maximum Gasteiger partial charge on any atom is 0.0897 e. The number of rotatable bonds is 9. The Kier molecular flexibility index (Phi) is 8.69. The maximum atomic E-state index is 9.88. The zero-order chi connectivity index (χ0) is 15.0. The van der Waals surface area contributed by atoms with Crippen LogP contribution in [-0.4, -0.2) is 48.2 Å². The molecule has 0 spiro atoms. The lowest BCUT2D eigenvalue weighted by molar-refractivity contribution is -0.00903. The molecule has 1 aliphatic carbocycles. The Morgan fingerprint density at radius 1 is 1.25 bits per heavy atom. The van der Waals surface area contributed by atoms with Crippen molar-refractivity contribution in [1.82, 2.24) is 5.32 Å². The fourth-order valence-electron chi connectivity index (χ4n) is 2.97. The Labute approximate surface area is 123 Å². The van der Waals surface area contributed by atoms with E-state index in [9.17, 15) is 10.2 Å². The van der Waals surface area contributed by atoms with Crippen molar-refractivity contribution in [1.29, 1.82) is 0 Å². The van der Waals surface area contributed by atoms with Crippen molar-refractivity contribution in [2.75, 3.05) is 19.7 Å². The third-order valence-electron chi connectivity index (χ3n) is 3.94. The van der Waals surface area contributed by atoms with E-state index >= 15 is 0 Å². The summed E-state index contributed by atoms with van der Waals surface area (Å²) < 4.78 is 5.64. The minimum absolute atomic E-state index is 0.124. The average molecular weight is 287 g/mol. The van der Waals surface area contributed by atoms with Crippen LogP contribution in [-0.2, 0) is 4.74 Å². The molecule has 1 aliphatic rings. The quantitative estimate of drug-likeness (QED) is 0.606. The summed E-state index contributed by atoms with van der Waals surface area (Å²) in [5.41, 5.74) is 0. The predicted molar refractivity (Wildman–Crippen MR) is 81.7 cm³/mol. The van der Waals surface area contributed by atoms with Crippen LogP contribution in [0.5, 0.6) is 0 Å². The lowest BCUT2D eigenvalue weighted by atomic mass is 9.87. The Morgan fingerprint density at radius 3 is 2.65 bits per heavy atom. The van der Waals surface area contributed by atoms with Gasteiger partial charge in [0.1, 0.15) is 0 Å². The van der Waals surface area contributed by atoms with Gasteiger partial charge >= 0.3 is 0 Å². The summed E-state index contributed by atoms with van der Waals surface area (Å²) in [7, 11) is 0. The molecule has 0 radical (unpaired) electrons. The first-order valence-corrected chi connectivity index (χ1v) is 8.15. The molecular weight excluding hydrogens is 254 g/mol. The lowest BCUT2D eigenvalue weighted by Gasteiger charge is -2.26. The maximum absolute atomic E-state index is 9.88. The fraction of sp³-hybridized carbons (Fsp3) is 1.00. The molecule has 0 aromatic rings. The van der Waals surface area contributed by atoms with Crippen molar-refractivity contribution in [3.05, 3.63) is 0 Å². The molecule has 0 aromatic carbocycles. The molecule has 1 saturated carbocycles. The molecule has 0 amide bonds. The van der Waals surface area contributed by atoms with Gasteiger partial charge in [-0.2, -0.15) is 0 Å². The van der Waals surface area contributed by atoms with Gasteiger partial charge in [0.25, 0.3) is 0 Å². The van der Waals surface area contributed by atoms with Crippen molar-refractivity contribution in [2.45, 2.75) is 71.2 Å². The molecule has 0 heterocycles. The van der Waals surface area contributed by atoms with Crippen molar-refractivity contribution >= 4 is 0 Å². The predicted octanol–water partition coefficient (Wildman–Crippen LogP) is 1.94. The van der Waals surface area contributed by atoms with Crippen LogP contribution < -0.4 is 5.32 Å². The summed E-state index contributed by atoms with van der Waals surface area (Å²) in [5.74, 6) is 1.17. The van der Waals surface area contributed by atoms with Gasteiger partial charge in [-0.15, -0.1) is 0 Å². The first-order valence-electron chi connectivity index (χ1n) is 8.15. The van der Waals surface area contributed by atoms with Gasteiger partial charge in [0, 0.05) is 6.54 Å². The molecule has 1 rings (SSSR count). The smallest absolute Gasteiger partial charge is 0.0897 e. The van der Waals surface area contributed by atoms with E-state index in [-0.39, 0.29) is 12.2 Å². The third-order valence-corrected chi connectivity index (χ3v) is 3.94. The number of hydrogen-bond acceptors (Lipinski definition) is 4. The third kappa shape index (κ3) is 8.20. The summed E-state index contributed by atoms with van der Waals surface area (Å²) >= 11 is 0. The molecule has 120 valence electrons. The van der Waals surface area contributed by atoms with Crippen molar-refractivity contribution < 1.29 is 14.9 Å². The van der Waals surface area contributed by atoms with Gasteiger partial charge < -0.3 is 20.3 Å². The Morgan fingerprint density at radius 2 is 2.00 bits per heavy atom. The molecule has 4 heteroatoms. The zero-order valence-electron chi connectivity index (χ0n) is 13.3. The molecule has 4 unspecified atom stereocenters. The van der Waals surface area contributed by atoms with E-state index in [1.54, 1.807) is 0 Å². The standard InChI is InChI=1S/C16H33NO3/c1-12(2)7-13(3)20-11-16(19)10-17-9-14-5-4-6-15(18)8-14/h12-19H,4-11H2,1-3H3. The second-order valence-electron chi connectivity index (χ2n) is 6.77. The number of hydrogen-bond donors (Lipinski definition) is 3. The van der Waals surface area contributed by atoms with E-state index in [4.69, 9.17) is 4.74 Å². The summed E-state index contributed by atoms with van der Waals surface area (Å²) in [6.45, 7) is 8.27. The molecule has 3 N–H and O–H groups in total. The first-order chi connectivity index (χ1) is 9.47. The van der Waals surface area contributed by atoms with Crippen LogP contribution in [0, 0.1) is 11.8 Å². The van der Waals surface area contributed by atoms with Gasteiger partial charge in [0.05, 0.1) is 24.9 Å². The Bertz CT molecular complexity index is 248. The second kappa shape index (κ2) is 9.72. The molecular formula is C16H33NO3. The number of nitrogens with one attached hydrogen (secondary N) is 1. The van der Waals surface area contributed by atoms with Crippen LogP contribution in [0.4, 0.5) is 0 Å². The van der Waals surface area contributed by atoms with Gasteiger partial charge in [-0.1, -0.05) is 20.3 Å². The fourth-order valence-corrected chi connectivity index (χ4v) is 2.97. The van der Waals surface area contributed by atoms with Gasteiger partial charge in [-0.05, 0) is 51.0 Å². The molecule has 20 heavy (non-hydrogen) atoms. The van der Waals surface area contributed by atoms with Crippen LogP contribution in [0.2, 0.25) is 0 Å². The SMILES string of the molecule is CC(C)CC(C)OCC(O)CNCC1CCCC(O)C1. The highest BCUT2D eigenvalue weighted by atomic mass is 16.5. The molecule has 0 bridgehead atoms. The minimum atomic E-state index is -0.446. The molecule has 0 aliphatic heterocycles. The van der Waals surface area contributed by atoms with Crippen molar-refractivity contribution in [3.63, 3.8) is 0 Å². The van der Waals surface area contributed by atoms with Crippen LogP contribution >= 0.6 is 0 Å². The molecule has 4 atom stereocenters. The molecule has 4 nitrogen and oxygen atoms in total. The number of ether oxygens (including phenoxy) is 1. The number of aliphatic hydroxyl groups is 2. The summed E-state index contributed by atoms with van der Waals surface area (Å²) in [6.07, 6.45) is 4.80. The van der Waals surface area contributed by atoms with Crippen LogP contribution in [0.15, 0.2) is 0 Å². The highest BCUT2D eigenvalue weighted by molar-refractivity contribution is 4.74. The lowest BCUT2D eigenvalue weighted by Crippen LogP contribution is -2.36. The first kappa shape index (κ1) is 17.9. The Hall–Kier alpha value is -0.160. The average Bonchev–Trinajstić information content (AvgIpc) is 2.36. The molecule has 0 aromatic heterocycles. The Balaban J connectivity index is 2.03. The summed E-state index contributed by atoms with van der Waals surface area (Å²) in [6, 6.07) is 0. The highest BCUT2D eigenvalue weighted by Gasteiger charge is 2.20. The van der Waals surface area contributed by atoms with Crippen LogP contribution in [0.1, 0.15) is 52.9 Å². The monoisotopic (exact) mass is 287 g/mol. The van der Waals surface area contributed by atoms with E-state index in [1.807, 2.05) is 0 Å². The molecule has 0 saturated heterocycles. The van der Waals surface area contributed by atoms with Crippen molar-refractivity contribution in [3.8, 4) is 0 Å². The van der Waals surface area contributed by atoms with E-state index in [2.05, 4.69) is 26.1 Å². The van der Waals surface area contributed by atoms with Crippen LogP contribution in [0.3, 0.4) is 0 Å². The highest BCUT2D eigenvalue weighted by Crippen LogP contribution is 2.23. The van der Waals surface area contributed by atoms with E-state index in [1.165, 1.54) is 6.42 Å². The minimum Gasteiger partial charge on any atom is -0.393 e. The van der Waals surface area contributed by atoms with Crippen LogP contribution in [0.25, 0.3) is 0 Å². The van der Waals surface area contributed by atoms with Gasteiger partial charge in [0.15, 0.2) is 0 Å². The summed E-state index contributed by atoms with van der Waals surface area (Å²) in [4.78, 5) is 0. The van der Waals surface area contributed by atoms with E-state index in [0.717, 1.165) is 32.2 Å². The number of aliphatic hydroxyl groups excluding tert-OH is 2. The van der Waals surface area contributed by atoms with E-state index in [0.29, 0.717) is 25.0 Å². The second-order valence-corrected chi connectivity index (χ2v) is 6.77. The molecule has 1 fully saturated rings. The van der Waals surface area contributed by atoms with E-state index < -0.39 is 6.10 Å². The van der Waals surface area contributed by atoms with Gasteiger partial charge in [0.2, 0.25) is 0 Å². The van der Waals surface area contributed by atoms with Crippen molar-refractivity contribution in [2.24, 2.45) is 11.8 Å². The normalized spacial score (nSPS) is 26.7. The summed E-state index contributed by atoms with van der Waals surface area (Å²) in [5, 5.41) is 22.8. The largest absolute Gasteiger partial charge is 0.393 e. The van der Waals surface area contributed by atoms with Gasteiger partial charge in [-0.3, -0.25) is 0 Å².